The third-order valence-electron chi connectivity index (χ3n) is 5.62. The Morgan fingerprint density at radius 3 is 0.794 bits per heavy atom. The van der Waals surface area contributed by atoms with Gasteiger partial charge in [-0.3, -0.25) is 19.2 Å². The average Bonchev–Trinajstić information content (AvgIpc) is 2.84. The van der Waals surface area contributed by atoms with Crippen LogP contribution in [0.2, 0.25) is 0 Å². The van der Waals surface area contributed by atoms with Gasteiger partial charge in [-0.15, -0.1) is 0 Å². The number of amides is 4. The van der Waals surface area contributed by atoms with Gasteiger partial charge in [-0.2, -0.15) is 0 Å². The largest absolute Gasteiger partial charge is 0.352 e. The fraction of sp³-hybridized carbons (Fsp3) is 0.385. The highest BCUT2D eigenvalue weighted by Gasteiger charge is 2.08. The maximum Gasteiger partial charge on any atom is 0.220 e. The quantitative estimate of drug-likeness (QED) is 0.478. The van der Waals surface area contributed by atoms with Crippen LogP contribution < -0.4 is 21.3 Å². The number of benzene rings is 2. The van der Waals surface area contributed by atoms with E-state index in [9.17, 15) is 19.2 Å². The first-order valence-corrected chi connectivity index (χ1v) is 11.7. The van der Waals surface area contributed by atoms with Crippen molar-refractivity contribution in [2.45, 2.75) is 64.7 Å². The highest BCUT2D eigenvalue weighted by atomic mass is 16.2. The first kappa shape index (κ1) is 25.0. The lowest BCUT2D eigenvalue weighted by Crippen LogP contribution is -2.26. The van der Waals surface area contributed by atoms with Crippen LogP contribution in [0.1, 0.15) is 60.8 Å². The highest BCUT2D eigenvalue weighted by Crippen LogP contribution is 2.07. The number of carbonyl (C=O) groups excluding carboxylic acids is 4. The van der Waals surface area contributed by atoms with E-state index in [0.29, 0.717) is 39.0 Å². The van der Waals surface area contributed by atoms with Crippen LogP contribution in [-0.4, -0.2) is 23.6 Å². The van der Waals surface area contributed by atoms with Crippen molar-refractivity contribution in [3.05, 3.63) is 70.8 Å². The third-order valence-corrected chi connectivity index (χ3v) is 5.62. The maximum atomic E-state index is 12.1. The Hall–Kier alpha value is -3.68. The summed E-state index contributed by atoms with van der Waals surface area (Å²) in [5, 5.41) is 11.5. The summed E-state index contributed by atoms with van der Waals surface area (Å²) >= 11 is 0. The summed E-state index contributed by atoms with van der Waals surface area (Å²) in [6, 6.07) is 15.3. The van der Waals surface area contributed by atoms with Gasteiger partial charge in [0, 0.05) is 51.9 Å². The monoisotopic (exact) mass is 464 g/mol. The van der Waals surface area contributed by atoms with Crippen molar-refractivity contribution in [1.82, 2.24) is 21.3 Å². The predicted molar refractivity (Wildman–Crippen MR) is 128 cm³/mol. The smallest absolute Gasteiger partial charge is 0.220 e. The SMILES string of the molecule is O=C1CCCC(=O)NCc2ccc(cc2)CNC(=O)CCCC(=O)NCc2ccc(cc2)CN1. The molecule has 4 bridgehead atoms. The summed E-state index contributed by atoms with van der Waals surface area (Å²) in [5.74, 6) is -0.358. The molecule has 0 saturated heterocycles. The van der Waals surface area contributed by atoms with E-state index in [4.69, 9.17) is 0 Å². The predicted octanol–water partition coefficient (Wildman–Crippen LogP) is 2.21. The Morgan fingerprint density at radius 2 is 0.588 bits per heavy atom. The van der Waals surface area contributed by atoms with Crippen LogP contribution in [0.4, 0.5) is 0 Å². The lowest BCUT2D eigenvalue weighted by molar-refractivity contribution is -0.124. The first-order chi connectivity index (χ1) is 16.5. The minimum absolute atomic E-state index is 0.0896. The zero-order valence-corrected chi connectivity index (χ0v) is 19.3. The van der Waals surface area contributed by atoms with E-state index in [1.807, 2.05) is 48.5 Å². The molecule has 2 aromatic rings. The molecule has 4 N–H and O–H groups in total. The van der Waals surface area contributed by atoms with Gasteiger partial charge in [0.25, 0.3) is 0 Å². The summed E-state index contributed by atoms with van der Waals surface area (Å²) in [5.41, 5.74) is 3.83. The number of rotatable bonds is 0. The molecule has 0 atom stereocenters. The van der Waals surface area contributed by atoms with Crippen LogP contribution in [0.3, 0.4) is 0 Å². The van der Waals surface area contributed by atoms with Gasteiger partial charge >= 0.3 is 0 Å². The minimum atomic E-state index is -0.0896. The second-order valence-electron chi connectivity index (χ2n) is 8.45. The highest BCUT2D eigenvalue weighted by molar-refractivity contribution is 5.79. The molecule has 0 aromatic heterocycles. The van der Waals surface area contributed by atoms with Gasteiger partial charge in [0.1, 0.15) is 0 Å². The molecule has 4 aliphatic heterocycles. The van der Waals surface area contributed by atoms with E-state index in [0.717, 1.165) is 22.3 Å². The molecule has 0 unspecified atom stereocenters. The molecule has 0 radical (unpaired) electrons. The molecule has 4 amide bonds. The van der Waals surface area contributed by atoms with Gasteiger partial charge in [-0.1, -0.05) is 48.5 Å². The Labute approximate surface area is 199 Å². The van der Waals surface area contributed by atoms with Gasteiger partial charge < -0.3 is 21.3 Å². The standard InChI is InChI=1S/C26H32N4O4/c31-23-3-1-4-24(32)28-16-20-9-13-22(14-10-20)18-30-26(34)6-2-5-25(33)29-17-21-11-7-19(8-12-21)15-27-23/h7-14H,1-6,15-18H2,(H,27,31)(H,28,32)(H,29,33)(H,30,34). The molecule has 4 heterocycles. The lowest BCUT2D eigenvalue weighted by Gasteiger charge is -2.10. The van der Waals surface area contributed by atoms with Crippen LogP contribution in [-0.2, 0) is 45.4 Å². The van der Waals surface area contributed by atoms with Crippen LogP contribution >= 0.6 is 0 Å². The van der Waals surface area contributed by atoms with Crippen molar-refractivity contribution in [3.63, 3.8) is 0 Å². The van der Waals surface area contributed by atoms with Gasteiger partial charge in [0.05, 0.1) is 0 Å². The van der Waals surface area contributed by atoms with Crippen molar-refractivity contribution in [3.8, 4) is 0 Å². The van der Waals surface area contributed by atoms with E-state index in [2.05, 4.69) is 21.3 Å². The van der Waals surface area contributed by atoms with Crippen molar-refractivity contribution < 1.29 is 19.2 Å². The average molecular weight is 465 g/mol. The molecule has 0 spiro atoms. The topological polar surface area (TPSA) is 116 Å². The second-order valence-corrected chi connectivity index (χ2v) is 8.45. The molecule has 8 heteroatoms. The molecule has 8 nitrogen and oxygen atoms in total. The number of hydrogen-bond acceptors (Lipinski definition) is 4. The molecule has 2 aromatic carbocycles. The molecule has 0 fully saturated rings. The molecule has 34 heavy (non-hydrogen) atoms. The van der Waals surface area contributed by atoms with E-state index in [-0.39, 0.29) is 49.3 Å². The van der Waals surface area contributed by atoms with Crippen molar-refractivity contribution in [1.29, 1.82) is 0 Å². The summed E-state index contributed by atoms with van der Waals surface area (Å²) in [6.07, 6.45) is 2.12. The fourth-order valence-electron chi connectivity index (χ4n) is 3.53. The summed E-state index contributed by atoms with van der Waals surface area (Å²) in [4.78, 5) is 48.3. The van der Waals surface area contributed by atoms with Gasteiger partial charge in [-0.05, 0) is 35.1 Å². The Bertz CT molecular complexity index is 827. The van der Waals surface area contributed by atoms with E-state index >= 15 is 0 Å². The van der Waals surface area contributed by atoms with Crippen molar-refractivity contribution >= 4 is 23.6 Å². The van der Waals surface area contributed by atoms with Crippen LogP contribution in [0.25, 0.3) is 0 Å². The molecule has 180 valence electrons. The Balaban J connectivity index is 1.56. The lowest BCUT2D eigenvalue weighted by atomic mass is 10.1. The summed E-state index contributed by atoms with van der Waals surface area (Å²) < 4.78 is 0. The zero-order valence-electron chi connectivity index (χ0n) is 19.3. The van der Waals surface area contributed by atoms with Crippen LogP contribution in [0, 0.1) is 0 Å². The maximum absolute atomic E-state index is 12.1. The number of carbonyl (C=O) groups is 4. The third kappa shape index (κ3) is 9.05. The Morgan fingerprint density at radius 1 is 0.382 bits per heavy atom. The van der Waals surface area contributed by atoms with E-state index in [1.54, 1.807) is 0 Å². The first-order valence-electron chi connectivity index (χ1n) is 11.7. The van der Waals surface area contributed by atoms with E-state index < -0.39 is 0 Å². The molecular weight excluding hydrogens is 432 g/mol. The van der Waals surface area contributed by atoms with Crippen LogP contribution in [0.5, 0.6) is 0 Å². The van der Waals surface area contributed by atoms with Crippen molar-refractivity contribution in [2.75, 3.05) is 0 Å². The molecule has 0 aliphatic carbocycles. The molecule has 4 aliphatic rings. The molecular formula is C26H32N4O4. The number of nitrogens with one attached hydrogen (secondary N) is 4. The van der Waals surface area contributed by atoms with Crippen LogP contribution in [0.15, 0.2) is 48.5 Å². The van der Waals surface area contributed by atoms with Gasteiger partial charge in [0.15, 0.2) is 0 Å². The van der Waals surface area contributed by atoms with E-state index in [1.165, 1.54) is 0 Å². The fourth-order valence-corrected chi connectivity index (χ4v) is 3.53. The number of hydrogen-bond donors (Lipinski definition) is 4. The minimum Gasteiger partial charge on any atom is -0.352 e. The summed E-state index contributed by atoms with van der Waals surface area (Å²) in [7, 11) is 0. The molecule has 6 rings (SSSR count). The molecule has 0 saturated carbocycles. The second kappa shape index (κ2) is 13.1. The zero-order chi connectivity index (χ0) is 24.2. The normalized spacial score (nSPS) is 17.4. The van der Waals surface area contributed by atoms with Gasteiger partial charge in [0.2, 0.25) is 23.6 Å². The summed E-state index contributed by atoms with van der Waals surface area (Å²) in [6.45, 7) is 1.65. The van der Waals surface area contributed by atoms with Gasteiger partial charge in [-0.25, -0.2) is 0 Å². The Kier molecular flexibility index (Phi) is 9.64. The van der Waals surface area contributed by atoms with Crippen molar-refractivity contribution in [2.24, 2.45) is 0 Å².